The minimum Gasteiger partial charge on any atom is -0.497 e. The van der Waals surface area contributed by atoms with Gasteiger partial charge in [-0.15, -0.1) is 0 Å². The lowest BCUT2D eigenvalue weighted by molar-refractivity contribution is -0.148. The minimum absolute atomic E-state index is 0.0574. The summed E-state index contributed by atoms with van der Waals surface area (Å²) in [5.74, 6) is -0.0520. The molecule has 1 heterocycles. The van der Waals surface area contributed by atoms with Crippen molar-refractivity contribution in [2.45, 2.75) is 24.3 Å². The number of likely N-dealkylation sites (N-methyl/N-ethyl adjacent to an activating group) is 1. The molecular weight excluding hydrogens is 296 g/mol. The highest BCUT2D eigenvalue weighted by Gasteiger charge is 2.53. The first-order chi connectivity index (χ1) is 11.0. The van der Waals surface area contributed by atoms with Crippen LogP contribution in [0.5, 0.6) is 5.75 Å². The van der Waals surface area contributed by atoms with E-state index in [1.807, 2.05) is 24.3 Å². The van der Waals surface area contributed by atoms with E-state index >= 15 is 0 Å². The van der Waals surface area contributed by atoms with E-state index < -0.39 is 17.4 Å². The number of hydrogen-bond acceptors (Lipinski definition) is 4. The second kappa shape index (κ2) is 5.85. The number of carbonyl (C=O) groups excluding carboxylic acids is 1. The maximum Gasteiger partial charge on any atom is 0.322 e. The molecule has 2 fully saturated rings. The Balaban J connectivity index is 1.77. The van der Waals surface area contributed by atoms with Crippen LogP contribution in [0.15, 0.2) is 24.3 Å². The van der Waals surface area contributed by atoms with Crippen molar-refractivity contribution in [2.24, 2.45) is 0 Å². The zero-order valence-electron chi connectivity index (χ0n) is 13.5. The van der Waals surface area contributed by atoms with Gasteiger partial charge in [0.15, 0.2) is 0 Å². The molecule has 0 bridgehead atoms. The van der Waals surface area contributed by atoms with Crippen molar-refractivity contribution in [3.05, 3.63) is 29.8 Å². The summed E-state index contributed by atoms with van der Waals surface area (Å²) >= 11 is 0. The van der Waals surface area contributed by atoms with E-state index in [2.05, 4.69) is 0 Å². The van der Waals surface area contributed by atoms with E-state index in [1.165, 1.54) is 0 Å². The number of hydrogen-bond donors (Lipinski definition) is 1. The fourth-order valence-corrected chi connectivity index (χ4v) is 3.29. The summed E-state index contributed by atoms with van der Waals surface area (Å²) < 4.78 is 5.17. The van der Waals surface area contributed by atoms with Crippen LogP contribution in [0.3, 0.4) is 0 Å². The van der Waals surface area contributed by atoms with Gasteiger partial charge < -0.3 is 14.7 Å². The van der Waals surface area contributed by atoms with Gasteiger partial charge in [-0.1, -0.05) is 12.1 Å². The highest BCUT2D eigenvalue weighted by Crippen LogP contribution is 2.50. The summed E-state index contributed by atoms with van der Waals surface area (Å²) in [4.78, 5) is 27.8. The molecule has 1 N–H and O–H groups in total. The molecule has 0 radical (unpaired) electrons. The average molecular weight is 318 g/mol. The van der Waals surface area contributed by atoms with E-state index in [0.717, 1.165) is 24.2 Å². The lowest BCUT2D eigenvalue weighted by Gasteiger charge is -2.38. The minimum atomic E-state index is -0.876. The molecule has 2 aliphatic rings. The number of ether oxygens (including phenoxy) is 1. The van der Waals surface area contributed by atoms with Crippen LogP contribution >= 0.6 is 0 Å². The van der Waals surface area contributed by atoms with Gasteiger partial charge in [-0.05, 0) is 37.6 Å². The molecule has 6 heteroatoms. The topological polar surface area (TPSA) is 70.1 Å². The first kappa shape index (κ1) is 15.8. The normalized spacial score (nSPS) is 23.4. The summed E-state index contributed by atoms with van der Waals surface area (Å²) in [6.07, 6.45) is 1.64. The van der Waals surface area contributed by atoms with Crippen molar-refractivity contribution in [1.82, 2.24) is 9.80 Å². The molecule has 1 saturated carbocycles. The number of carboxylic acids is 1. The van der Waals surface area contributed by atoms with Gasteiger partial charge in [0.1, 0.15) is 11.8 Å². The van der Waals surface area contributed by atoms with Crippen LogP contribution in [0.4, 0.5) is 0 Å². The van der Waals surface area contributed by atoms with Crippen LogP contribution in [0, 0.1) is 0 Å². The van der Waals surface area contributed by atoms with Gasteiger partial charge >= 0.3 is 5.97 Å². The molecule has 6 nitrogen and oxygen atoms in total. The Labute approximate surface area is 135 Å². The molecule has 1 saturated heterocycles. The molecule has 3 rings (SSSR count). The number of benzene rings is 1. The van der Waals surface area contributed by atoms with Crippen molar-refractivity contribution in [3.63, 3.8) is 0 Å². The monoisotopic (exact) mass is 318 g/mol. The molecule has 1 amide bonds. The lowest BCUT2D eigenvalue weighted by Crippen LogP contribution is -2.57. The van der Waals surface area contributed by atoms with Crippen LogP contribution in [0.25, 0.3) is 0 Å². The van der Waals surface area contributed by atoms with Crippen LogP contribution in [0.2, 0.25) is 0 Å². The summed E-state index contributed by atoms with van der Waals surface area (Å²) in [6.45, 7) is 1.42. The number of nitrogens with zero attached hydrogens (tertiary/aromatic N) is 2. The molecule has 23 heavy (non-hydrogen) atoms. The van der Waals surface area contributed by atoms with Crippen molar-refractivity contribution in [2.75, 3.05) is 33.8 Å². The van der Waals surface area contributed by atoms with Gasteiger partial charge in [0.25, 0.3) is 0 Å². The average Bonchev–Trinajstić information content (AvgIpc) is 3.36. The number of carboxylic acid groups (broad SMARTS) is 1. The van der Waals surface area contributed by atoms with Gasteiger partial charge in [0, 0.05) is 19.6 Å². The van der Waals surface area contributed by atoms with Crippen LogP contribution in [-0.4, -0.2) is 66.6 Å². The van der Waals surface area contributed by atoms with Crippen LogP contribution < -0.4 is 4.74 Å². The zero-order chi connectivity index (χ0) is 16.6. The van der Waals surface area contributed by atoms with Gasteiger partial charge in [-0.3, -0.25) is 14.5 Å². The Morgan fingerprint density at radius 3 is 2.39 bits per heavy atom. The zero-order valence-corrected chi connectivity index (χ0v) is 13.5. The highest BCUT2D eigenvalue weighted by molar-refractivity contribution is 5.92. The van der Waals surface area contributed by atoms with E-state index in [-0.39, 0.29) is 12.5 Å². The second-order valence-corrected chi connectivity index (χ2v) is 6.40. The Kier molecular flexibility index (Phi) is 4.02. The molecule has 1 atom stereocenters. The van der Waals surface area contributed by atoms with Crippen molar-refractivity contribution in [3.8, 4) is 5.75 Å². The quantitative estimate of drug-likeness (QED) is 0.895. The molecule has 1 unspecified atom stereocenters. The molecule has 1 aromatic rings. The Hall–Kier alpha value is -2.08. The smallest absolute Gasteiger partial charge is 0.322 e. The number of rotatable bonds is 4. The molecule has 124 valence electrons. The van der Waals surface area contributed by atoms with Gasteiger partial charge in [-0.2, -0.15) is 0 Å². The Morgan fingerprint density at radius 2 is 1.87 bits per heavy atom. The number of carbonyl (C=O) groups is 2. The molecule has 1 aromatic carbocycles. The van der Waals surface area contributed by atoms with E-state index in [9.17, 15) is 14.7 Å². The number of amides is 1. The largest absolute Gasteiger partial charge is 0.497 e. The maximum atomic E-state index is 13.0. The van der Waals surface area contributed by atoms with E-state index in [0.29, 0.717) is 13.1 Å². The maximum absolute atomic E-state index is 13.0. The highest BCUT2D eigenvalue weighted by atomic mass is 16.5. The lowest BCUT2D eigenvalue weighted by atomic mass is 9.93. The Morgan fingerprint density at radius 1 is 1.22 bits per heavy atom. The van der Waals surface area contributed by atoms with Crippen molar-refractivity contribution >= 4 is 11.9 Å². The molecular formula is C17H22N2O4. The second-order valence-electron chi connectivity index (χ2n) is 6.40. The van der Waals surface area contributed by atoms with Crippen molar-refractivity contribution < 1.29 is 19.4 Å². The SMILES string of the molecule is COc1ccc(C2(C(=O)N3CCN(C)C(C(=O)O)C3)CC2)cc1. The summed E-state index contributed by atoms with van der Waals surface area (Å²) in [5, 5.41) is 9.31. The third kappa shape index (κ3) is 2.79. The number of methoxy groups -OCH3 is 1. The standard InChI is InChI=1S/C17H22N2O4/c1-18-9-10-19(11-14(18)15(20)21)16(22)17(7-8-17)12-3-5-13(23-2)6-4-12/h3-6,14H,7-11H2,1-2H3,(H,20,21). The predicted molar refractivity (Wildman–Crippen MR) is 84.5 cm³/mol. The fourth-order valence-electron chi connectivity index (χ4n) is 3.29. The molecule has 1 aliphatic heterocycles. The van der Waals surface area contributed by atoms with Crippen LogP contribution in [0.1, 0.15) is 18.4 Å². The number of aliphatic carboxylic acids is 1. The summed E-state index contributed by atoms with van der Waals surface area (Å²) in [5.41, 5.74) is 0.528. The third-order valence-electron chi connectivity index (χ3n) is 5.02. The third-order valence-corrected chi connectivity index (χ3v) is 5.02. The van der Waals surface area contributed by atoms with Gasteiger partial charge in [0.2, 0.25) is 5.91 Å². The van der Waals surface area contributed by atoms with E-state index in [1.54, 1.807) is 24.0 Å². The van der Waals surface area contributed by atoms with Gasteiger partial charge in [-0.25, -0.2) is 0 Å². The first-order valence-electron chi connectivity index (χ1n) is 7.85. The predicted octanol–water partition coefficient (Wildman–Crippen LogP) is 0.954. The summed E-state index contributed by atoms with van der Waals surface area (Å²) in [6, 6.07) is 6.99. The molecule has 0 aromatic heterocycles. The number of piperazine rings is 1. The van der Waals surface area contributed by atoms with Crippen molar-refractivity contribution in [1.29, 1.82) is 0 Å². The summed E-state index contributed by atoms with van der Waals surface area (Å²) in [7, 11) is 3.40. The molecule has 0 spiro atoms. The van der Waals surface area contributed by atoms with E-state index in [4.69, 9.17) is 4.74 Å². The first-order valence-corrected chi connectivity index (χ1v) is 7.85. The van der Waals surface area contributed by atoms with Gasteiger partial charge in [0.05, 0.1) is 12.5 Å². The Bertz CT molecular complexity index is 610. The van der Waals surface area contributed by atoms with Crippen LogP contribution in [-0.2, 0) is 15.0 Å². The molecule has 1 aliphatic carbocycles. The fraction of sp³-hybridized carbons (Fsp3) is 0.529.